The molecule has 2 aliphatic rings. The van der Waals surface area contributed by atoms with Crippen molar-refractivity contribution >= 4 is 17.6 Å². The SMILES string of the molecule is CCCN1CCC2(CC1)OCC(C(=O)O)N2C(=O)c1cccc([N+](=O)[O-])c1. The van der Waals surface area contributed by atoms with Gasteiger partial charge in [-0.3, -0.25) is 19.8 Å². The van der Waals surface area contributed by atoms with E-state index in [4.69, 9.17) is 4.74 Å². The molecule has 0 aromatic heterocycles. The van der Waals surface area contributed by atoms with Crippen LogP contribution in [-0.2, 0) is 9.53 Å². The lowest BCUT2D eigenvalue weighted by molar-refractivity contribution is -0.384. The van der Waals surface area contributed by atoms with Crippen LogP contribution in [0.25, 0.3) is 0 Å². The van der Waals surface area contributed by atoms with Crippen LogP contribution < -0.4 is 0 Å². The molecule has 1 atom stereocenters. The van der Waals surface area contributed by atoms with Crippen LogP contribution in [0.15, 0.2) is 24.3 Å². The summed E-state index contributed by atoms with van der Waals surface area (Å²) in [6.07, 6.45) is 2.04. The van der Waals surface area contributed by atoms with E-state index in [0.717, 1.165) is 13.0 Å². The largest absolute Gasteiger partial charge is 0.480 e. The van der Waals surface area contributed by atoms with Crippen molar-refractivity contribution in [3.8, 4) is 0 Å². The van der Waals surface area contributed by atoms with Crippen LogP contribution in [0.1, 0.15) is 36.5 Å². The summed E-state index contributed by atoms with van der Waals surface area (Å²) in [7, 11) is 0. The van der Waals surface area contributed by atoms with Gasteiger partial charge in [-0.15, -0.1) is 0 Å². The van der Waals surface area contributed by atoms with Gasteiger partial charge < -0.3 is 14.7 Å². The average molecular weight is 377 g/mol. The predicted octanol–water partition coefficient (Wildman–Crippen LogP) is 1.72. The van der Waals surface area contributed by atoms with E-state index < -0.39 is 28.6 Å². The predicted molar refractivity (Wildman–Crippen MR) is 95.3 cm³/mol. The number of aliphatic carboxylic acids is 1. The van der Waals surface area contributed by atoms with Gasteiger partial charge in [0, 0.05) is 43.6 Å². The maximum absolute atomic E-state index is 13.2. The Morgan fingerprint density at radius 1 is 1.37 bits per heavy atom. The number of rotatable bonds is 5. The van der Waals surface area contributed by atoms with Crippen molar-refractivity contribution in [3.05, 3.63) is 39.9 Å². The molecule has 2 saturated heterocycles. The lowest BCUT2D eigenvalue weighted by atomic mass is 9.96. The lowest BCUT2D eigenvalue weighted by Crippen LogP contribution is -2.58. The number of hydrogen-bond acceptors (Lipinski definition) is 6. The van der Waals surface area contributed by atoms with E-state index in [0.29, 0.717) is 25.9 Å². The van der Waals surface area contributed by atoms with E-state index in [9.17, 15) is 24.8 Å². The number of nitro groups is 1. The van der Waals surface area contributed by atoms with Crippen LogP contribution in [0.2, 0.25) is 0 Å². The van der Waals surface area contributed by atoms with Crippen LogP contribution in [-0.4, -0.2) is 69.7 Å². The molecule has 2 fully saturated rings. The molecule has 1 aromatic carbocycles. The second kappa shape index (κ2) is 7.61. The summed E-state index contributed by atoms with van der Waals surface area (Å²) < 4.78 is 5.88. The van der Waals surface area contributed by atoms with Gasteiger partial charge in [0.25, 0.3) is 11.6 Å². The summed E-state index contributed by atoms with van der Waals surface area (Å²) in [5, 5.41) is 20.6. The summed E-state index contributed by atoms with van der Waals surface area (Å²) in [6.45, 7) is 4.37. The monoisotopic (exact) mass is 377 g/mol. The number of carboxylic acids is 1. The molecule has 9 heteroatoms. The Labute approximate surface area is 156 Å². The number of hydrogen-bond donors (Lipinski definition) is 1. The quantitative estimate of drug-likeness (QED) is 0.614. The van der Waals surface area contributed by atoms with E-state index in [2.05, 4.69) is 11.8 Å². The molecule has 9 nitrogen and oxygen atoms in total. The molecule has 27 heavy (non-hydrogen) atoms. The molecule has 1 N–H and O–H groups in total. The Bertz CT molecular complexity index is 744. The fourth-order valence-electron chi connectivity index (χ4n) is 3.89. The summed E-state index contributed by atoms with van der Waals surface area (Å²) in [5.41, 5.74) is -1.09. The maximum Gasteiger partial charge on any atom is 0.328 e. The van der Waals surface area contributed by atoms with Crippen LogP contribution >= 0.6 is 0 Å². The van der Waals surface area contributed by atoms with Crippen LogP contribution in [0.5, 0.6) is 0 Å². The Morgan fingerprint density at radius 2 is 2.07 bits per heavy atom. The van der Waals surface area contributed by atoms with Crippen molar-refractivity contribution < 1.29 is 24.4 Å². The van der Waals surface area contributed by atoms with Gasteiger partial charge in [-0.2, -0.15) is 0 Å². The summed E-state index contributed by atoms with van der Waals surface area (Å²) in [4.78, 5) is 38.9. The molecule has 146 valence electrons. The molecular weight excluding hydrogens is 354 g/mol. The third-order valence-corrected chi connectivity index (χ3v) is 5.25. The van der Waals surface area contributed by atoms with Crippen molar-refractivity contribution in [3.63, 3.8) is 0 Å². The van der Waals surface area contributed by atoms with Gasteiger partial charge in [-0.05, 0) is 19.0 Å². The zero-order chi connectivity index (χ0) is 19.6. The molecule has 0 aliphatic carbocycles. The lowest BCUT2D eigenvalue weighted by Gasteiger charge is -2.44. The van der Waals surface area contributed by atoms with Crippen LogP contribution in [0.3, 0.4) is 0 Å². The van der Waals surface area contributed by atoms with Crippen molar-refractivity contribution in [2.45, 2.75) is 38.0 Å². The van der Waals surface area contributed by atoms with Gasteiger partial charge in [0.05, 0.1) is 11.5 Å². The molecule has 3 rings (SSSR count). The smallest absolute Gasteiger partial charge is 0.328 e. The van der Waals surface area contributed by atoms with Gasteiger partial charge in [0.15, 0.2) is 6.04 Å². The normalized spacial score (nSPS) is 22.1. The molecule has 1 amide bonds. The highest BCUT2D eigenvalue weighted by Gasteiger charge is 2.54. The number of ether oxygens (including phenoxy) is 1. The van der Waals surface area contributed by atoms with Gasteiger partial charge >= 0.3 is 5.97 Å². The number of amides is 1. The number of non-ortho nitro benzene ring substituents is 1. The fourth-order valence-corrected chi connectivity index (χ4v) is 3.89. The zero-order valence-electron chi connectivity index (χ0n) is 15.2. The number of piperidine rings is 1. The Hall–Kier alpha value is -2.52. The molecule has 2 aliphatic heterocycles. The number of nitrogens with zero attached hydrogens (tertiary/aromatic N) is 3. The third-order valence-electron chi connectivity index (χ3n) is 5.25. The summed E-state index contributed by atoms with van der Waals surface area (Å²) >= 11 is 0. The first kappa shape index (κ1) is 19.2. The Morgan fingerprint density at radius 3 is 2.67 bits per heavy atom. The minimum atomic E-state index is -1.14. The zero-order valence-corrected chi connectivity index (χ0v) is 15.2. The number of benzene rings is 1. The first-order chi connectivity index (χ1) is 12.9. The van der Waals surface area contributed by atoms with Gasteiger partial charge in [-0.1, -0.05) is 13.0 Å². The summed E-state index contributed by atoms with van der Waals surface area (Å²) in [5.74, 6) is -1.69. The van der Waals surface area contributed by atoms with Crippen molar-refractivity contribution in [2.75, 3.05) is 26.2 Å². The second-order valence-electron chi connectivity index (χ2n) is 6.94. The molecular formula is C18H23N3O6. The first-order valence-corrected chi connectivity index (χ1v) is 9.05. The van der Waals surface area contributed by atoms with E-state index >= 15 is 0 Å². The third kappa shape index (κ3) is 3.65. The molecule has 2 heterocycles. The minimum absolute atomic E-state index is 0.0796. The molecule has 1 spiro atoms. The average Bonchev–Trinajstić information content (AvgIpc) is 3.02. The van der Waals surface area contributed by atoms with Gasteiger partial charge in [0.2, 0.25) is 0 Å². The van der Waals surface area contributed by atoms with E-state index in [1.165, 1.54) is 29.2 Å². The minimum Gasteiger partial charge on any atom is -0.480 e. The standard InChI is InChI=1S/C18H23N3O6/c1-2-8-19-9-6-18(7-10-19)20(15(12-27-18)17(23)24)16(22)13-4-3-5-14(11-13)21(25)26/h3-5,11,15H,2,6-10,12H2,1H3,(H,23,24). The highest BCUT2D eigenvalue weighted by Crippen LogP contribution is 2.38. The summed E-state index contributed by atoms with van der Waals surface area (Å²) in [6, 6.07) is 4.26. The fraction of sp³-hybridized carbons (Fsp3) is 0.556. The van der Waals surface area contributed by atoms with Crippen molar-refractivity contribution in [2.24, 2.45) is 0 Å². The van der Waals surface area contributed by atoms with E-state index in [1.54, 1.807) is 0 Å². The number of carbonyl (C=O) groups is 2. The van der Waals surface area contributed by atoms with Crippen molar-refractivity contribution in [1.82, 2.24) is 9.80 Å². The van der Waals surface area contributed by atoms with Gasteiger partial charge in [0.1, 0.15) is 5.72 Å². The molecule has 0 bridgehead atoms. The van der Waals surface area contributed by atoms with Crippen LogP contribution in [0.4, 0.5) is 5.69 Å². The van der Waals surface area contributed by atoms with Crippen LogP contribution in [0, 0.1) is 10.1 Å². The second-order valence-corrected chi connectivity index (χ2v) is 6.94. The highest BCUT2D eigenvalue weighted by atomic mass is 16.6. The molecule has 1 aromatic rings. The number of nitro benzene ring substituents is 1. The van der Waals surface area contributed by atoms with Gasteiger partial charge in [-0.25, -0.2) is 4.79 Å². The number of likely N-dealkylation sites (tertiary alicyclic amines) is 1. The molecule has 0 saturated carbocycles. The number of carboxylic acid groups (broad SMARTS) is 1. The molecule has 1 unspecified atom stereocenters. The number of carbonyl (C=O) groups excluding carboxylic acids is 1. The first-order valence-electron chi connectivity index (χ1n) is 9.05. The molecule has 0 radical (unpaired) electrons. The topological polar surface area (TPSA) is 113 Å². The maximum atomic E-state index is 13.2. The van der Waals surface area contributed by atoms with E-state index in [-0.39, 0.29) is 17.9 Å². The van der Waals surface area contributed by atoms with Crippen molar-refractivity contribution in [1.29, 1.82) is 0 Å². The Balaban J connectivity index is 1.90. The highest BCUT2D eigenvalue weighted by molar-refractivity contribution is 5.98. The Kier molecular flexibility index (Phi) is 5.43. The van der Waals surface area contributed by atoms with E-state index in [1.807, 2.05) is 0 Å².